The van der Waals surface area contributed by atoms with Gasteiger partial charge in [-0.1, -0.05) is 29.3 Å². The van der Waals surface area contributed by atoms with Crippen molar-refractivity contribution in [3.63, 3.8) is 0 Å². The van der Waals surface area contributed by atoms with E-state index in [1.807, 2.05) is 25.1 Å². The number of benzene rings is 1. The Morgan fingerprint density at radius 2 is 2.29 bits per heavy atom. The second-order valence-corrected chi connectivity index (χ2v) is 4.28. The number of hydrogen-bond donors (Lipinski definition) is 2. The van der Waals surface area contributed by atoms with Gasteiger partial charge in [0.2, 0.25) is 5.91 Å². The Morgan fingerprint density at radius 3 is 2.94 bits per heavy atom. The second kappa shape index (κ2) is 6.59. The Balaban J connectivity index is 2.55. The number of nitrogens with one attached hydrogen (secondary N) is 1. The molecule has 1 atom stereocenters. The summed E-state index contributed by atoms with van der Waals surface area (Å²) < 4.78 is 4.81. The lowest BCUT2D eigenvalue weighted by molar-refractivity contribution is -0.123. The lowest BCUT2D eigenvalue weighted by atomic mass is 10.1. The van der Waals surface area contributed by atoms with E-state index in [0.29, 0.717) is 11.6 Å². The van der Waals surface area contributed by atoms with E-state index in [2.05, 4.69) is 5.32 Å². The summed E-state index contributed by atoms with van der Waals surface area (Å²) in [6.07, 6.45) is 0. The molecule has 0 aromatic heterocycles. The highest BCUT2D eigenvalue weighted by Crippen LogP contribution is 2.16. The number of aryl methyl sites for hydroxylation is 1. The van der Waals surface area contributed by atoms with Crippen molar-refractivity contribution in [2.75, 3.05) is 13.7 Å². The van der Waals surface area contributed by atoms with Crippen LogP contribution in [0.15, 0.2) is 18.2 Å². The van der Waals surface area contributed by atoms with Crippen molar-refractivity contribution in [1.82, 2.24) is 5.32 Å². The maximum Gasteiger partial charge on any atom is 0.239 e. The molecule has 1 aromatic rings. The molecule has 4 nitrogen and oxygen atoms in total. The number of nitrogens with two attached hydrogens (primary N) is 1. The first-order valence-electron chi connectivity index (χ1n) is 5.32. The van der Waals surface area contributed by atoms with E-state index in [1.54, 1.807) is 0 Å². The Morgan fingerprint density at radius 1 is 1.59 bits per heavy atom. The number of carbonyl (C=O) groups excluding carboxylic acids is 1. The van der Waals surface area contributed by atoms with Gasteiger partial charge < -0.3 is 15.8 Å². The third kappa shape index (κ3) is 4.34. The molecule has 1 amide bonds. The van der Waals surface area contributed by atoms with Crippen LogP contribution in [0.2, 0.25) is 5.02 Å². The number of hydrogen-bond acceptors (Lipinski definition) is 3. The van der Waals surface area contributed by atoms with Crippen molar-refractivity contribution < 1.29 is 9.53 Å². The van der Waals surface area contributed by atoms with Gasteiger partial charge in [-0.25, -0.2) is 0 Å². The molecule has 0 aliphatic heterocycles. The van der Waals surface area contributed by atoms with E-state index < -0.39 is 6.04 Å². The van der Waals surface area contributed by atoms with E-state index in [1.165, 1.54) is 7.11 Å². The van der Waals surface area contributed by atoms with Crippen LogP contribution in [0.4, 0.5) is 0 Å². The maximum atomic E-state index is 11.5. The monoisotopic (exact) mass is 256 g/mol. The predicted molar refractivity (Wildman–Crippen MR) is 67.9 cm³/mol. The van der Waals surface area contributed by atoms with Crippen LogP contribution in [0, 0.1) is 6.92 Å². The largest absolute Gasteiger partial charge is 0.383 e. The Bertz CT molecular complexity index is 396. The third-order valence-corrected chi connectivity index (χ3v) is 2.71. The van der Waals surface area contributed by atoms with Gasteiger partial charge in [-0.15, -0.1) is 0 Å². The minimum absolute atomic E-state index is 0.202. The minimum Gasteiger partial charge on any atom is -0.383 e. The fourth-order valence-electron chi connectivity index (χ4n) is 1.41. The normalized spacial score (nSPS) is 12.2. The van der Waals surface area contributed by atoms with Gasteiger partial charge in [0, 0.05) is 18.7 Å². The SMILES string of the molecule is COCC(N)C(=O)NCc1cc(C)ccc1Cl. The molecule has 0 radical (unpaired) electrons. The fraction of sp³-hybridized carbons (Fsp3) is 0.417. The molecule has 5 heteroatoms. The number of halogens is 1. The zero-order valence-corrected chi connectivity index (χ0v) is 10.8. The summed E-state index contributed by atoms with van der Waals surface area (Å²) in [7, 11) is 1.50. The standard InChI is InChI=1S/C12H17ClN2O2/c1-8-3-4-10(13)9(5-8)6-15-12(16)11(14)7-17-2/h3-5,11H,6-7,14H2,1-2H3,(H,15,16). The van der Waals surface area contributed by atoms with Gasteiger partial charge in [-0.3, -0.25) is 4.79 Å². The number of methoxy groups -OCH3 is 1. The first-order chi connectivity index (χ1) is 8.04. The minimum atomic E-state index is -0.649. The number of amides is 1. The molecule has 0 spiro atoms. The Labute approximate surface area is 106 Å². The smallest absolute Gasteiger partial charge is 0.239 e. The summed E-state index contributed by atoms with van der Waals surface area (Å²) in [6.45, 7) is 2.54. The van der Waals surface area contributed by atoms with E-state index in [-0.39, 0.29) is 12.5 Å². The van der Waals surface area contributed by atoms with Crippen molar-refractivity contribution >= 4 is 17.5 Å². The molecule has 0 bridgehead atoms. The van der Waals surface area contributed by atoms with Gasteiger partial charge in [0.15, 0.2) is 0 Å². The van der Waals surface area contributed by atoms with Crippen LogP contribution >= 0.6 is 11.6 Å². The molecule has 1 rings (SSSR count). The average Bonchev–Trinajstić information content (AvgIpc) is 2.30. The zero-order chi connectivity index (χ0) is 12.8. The highest BCUT2D eigenvalue weighted by atomic mass is 35.5. The van der Waals surface area contributed by atoms with Crippen molar-refractivity contribution in [3.05, 3.63) is 34.3 Å². The first kappa shape index (κ1) is 14.0. The lowest BCUT2D eigenvalue weighted by Crippen LogP contribution is -2.43. The number of rotatable bonds is 5. The van der Waals surface area contributed by atoms with Crippen LogP contribution in [0.25, 0.3) is 0 Å². The molecule has 1 aromatic carbocycles. The topological polar surface area (TPSA) is 64.3 Å². The van der Waals surface area contributed by atoms with Crippen molar-refractivity contribution in [2.24, 2.45) is 5.73 Å². The molecular weight excluding hydrogens is 240 g/mol. The van der Waals surface area contributed by atoms with E-state index in [0.717, 1.165) is 11.1 Å². The Hall–Kier alpha value is -1.10. The molecular formula is C12H17ClN2O2. The summed E-state index contributed by atoms with van der Waals surface area (Å²) >= 11 is 6.01. The van der Waals surface area contributed by atoms with Crippen LogP contribution in [0.5, 0.6) is 0 Å². The molecule has 0 aliphatic carbocycles. The molecule has 3 N–H and O–H groups in total. The number of ether oxygens (including phenoxy) is 1. The Kier molecular flexibility index (Phi) is 5.41. The fourth-order valence-corrected chi connectivity index (χ4v) is 1.59. The zero-order valence-electron chi connectivity index (χ0n) is 10.00. The average molecular weight is 257 g/mol. The van der Waals surface area contributed by atoms with Gasteiger partial charge in [0.05, 0.1) is 6.61 Å². The predicted octanol–water partition coefficient (Wildman–Crippen LogP) is 1.24. The first-order valence-corrected chi connectivity index (χ1v) is 5.69. The molecule has 0 saturated heterocycles. The van der Waals surface area contributed by atoms with Crippen LogP contribution in [-0.2, 0) is 16.1 Å². The maximum absolute atomic E-state index is 11.5. The van der Waals surface area contributed by atoms with Gasteiger partial charge in [-0.05, 0) is 18.6 Å². The molecule has 94 valence electrons. The highest BCUT2D eigenvalue weighted by Gasteiger charge is 2.12. The van der Waals surface area contributed by atoms with Gasteiger partial charge in [0.25, 0.3) is 0 Å². The molecule has 1 unspecified atom stereocenters. The van der Waals surface area contributed by atoms with E-state index in [4.69, 9.17) is 22.1 Å². The summed E-state index contributed by atoms with van der Waals surface area (Å²) in [5.74, 6) is -0.246. The molecule has 0 aliphatic rings. The summed E-state index contributed by atoms with van der Waals surface area (Å²) in [5.41, 5.74) is 7.57. The van der Waals surface area contributed by atoms with Crippen LogP contribution in [0.3, 0.4) is 0 Å². The van der Waals surface area contributed by atoms with E-state index >= 15 is 0 Å². The summed E-state index contributed by atoms with van der Waals surface area (Å²) in [5, 5.41) is 3.36. The van der Waals surface area contributed by atoms with E-state index in [9.17, 15) is 4.79 Å². The third-order valence-electron chi connectivity index (χ3n) is 2.34. The van der Waals surface area contributed by atoms with Crippen LogP contribution in [0.1, 0.15) is 11.1 Å². The van der Waals surface area contributed by atoms with Crippen molar-refractivity contribution in [3.8, 4) is 0 Å². The van der Waals surface area contributed by atoms with Gasteiger partial charge in [-0.2, -0.15) is 0 Å². The van der Waals surface area contributed by atoms with Crippen molar-refractivity contribution in [1.29, 1.82) is 0 Å². The summed E-state index contributed by atoms with van der Waals surface area (Å²) in [6, 6.07) is 5.02. The van der Waals surface area contributed by atoms with Gasteiger partial charge >= 0.3 is 0 Å². The molecule has 17 heavy (non-hydrogen) atoms. The second-order valence-electron chi connectivity index (χ2n) is 3.87. The van der Waals surface area contributed by atoms with Crippen LogP contribution < -0.4 is 11.1 Å². The van der Waals surface area contributed by atoms with Crippen LogP contribution in [-0.4, -0.2) is 25.7 Å². The summed E-state index contributed by atoms with van der Waals surface area (Å²) in [4.78, 5) is 11.5. The lowest BCUT2D eigenvalue weighted by Gasteiger charge is -2.12. The van der Waals surface area contributed by atoms with Gasteiger partial charge in [0.1, 0.15) is 6.04 Å². The molecule has 0 saturated carbocycles. The number of carbonyl (C=O) groups is 1. The molecule has 0 heterocycles. The molecule has 0 fully saturated rings. The highest BCUT2D eigenvalue weighted by molar-refractivity contribution is 6.31. The van der Waals surface area contributed by atoms with Crippen molar-refractivity contribution in [2.45, 2.75) is 19.5 Å². The quantitative estimate of drug-likeness (QED) is 0.833.